The zero-order chi connectivity index (χ0) is 15.0. The lowest BCUT2D eigenvalue weighted by Gasteiger charge is -2.56. The van der Waals surface area contributed by atoms with Crippen LogP contribution in [0.15, 0.2) is 6.33 Å². The SMILES string of the molecule is CCO[C@@H]1C[C@@H](O)C12CCN(c1ncnc(N)c1Cl)CC2. The average Bonchev–Trinajstić information content (AvgIpc) is 2.50. The summed E-state index contributed by atoms with van der Waals surface area (Å²) in [6.07, 6.45) is 3.84. The molecule has 0 bridgehead atoms. The molecule has 1 spiro atoms. The Morgan fingerprint density at radius 2 is 2.19 bits per heavy atom. The number of aliphatic hydroxyl groups excluding tert-OH is 1. The van der Waals surface area contributed by atoms with E-state index in [2.05, 4.69) is 14.9 Å². The molecule has 1 aromatic heterocycles. The van der Waals surface area contributed by atoms with E-state index in [1.807, 2.05) is 6.92 Å². The predicted molar refractivity (Wildman–Crippen MR) is 81.4 cm³/mol. The van der Waals surface area contributed by atoms with Gasteiger partial charge in [0, 0.05) is 31.5 Å². The third kappa shape index (κ3) is 2.35. The summed E-state index contributed by atoms with van der Waals surface area (Å²) in [4.78, 5) is 10.2. The van der Waals surface area contributed by atoms with Crippen LogP contribution in [0.25, 0.3) is 0 Å². The van der Waals surface area contributed by atoms with E-state index in [9.17, 15) is 5.11 Å². The van der Waals surface area contributed by atoms with E-state index < -0.39 is 0 Å². The topological polar surface area (TPSA) is 84.5 Å². The van der Waals surface area contributed by atoms with Crippen LogP contribution < -0.4 is 10.6 Å². The zero-order valence-electron chi connectivity index (χ0n) is 12.1. The Bertz CT molecular complexity index is 518. The lowest BCUT2D eigenvalue weighted by Crippen LogP contribution is -2.62. The van der Waals surface area contributed by atoms with Crippen molar-refractivity contribution in [2.24, 2.45) is 5.41 Å². The van der Waals surface area contributed by atoms with E-state index in [4.69, 9.17) is 22.1 Å². The Hall–Kier alpha value is -1.11. The molecule has 2 aliphatic rings. The van der Waals surface area contributed by atoms with Gasteiger partial charge in [-0.25, -0.2) is 9.97 Å². The molecule has 6 nitrogen and oxygen atoms in total. The largest absolute Gasteiger partial charge is 0.392 e. The molecule has 2 heterocycles. The van der Waals surface area contributed by atoms with Crippen LogP contribution in [0.2, 0.25) is 5.02 Å². The Balaban J connectivity index is 1.72. The summed E-state index contributed by atoms with van der Waals surface area (Å²) in [5, 5.41) is 10.6. The van der Waals surface area contributed by atoms with Crippen molar-refractivity contribution in [2.75, 3.05) is 30.3 Å². The second kappa shape index (κ2) is 5.59. The minimum absolute atomic E-state index is 0.0996. The predicted octanol–water partition coefficient (Wildman–Crippen LogP) is 1.47. The normalized spacial score (nSPS) is 27.7. The molecule has 0 aromatic carbocycles. The van der Waals surface area contributed by atoms with Crippen LogP contribution in [0.1, 0.15) is 26.2 Å². The van der Waals surface area contributed by atoms with Crippen LogP contribution in [-0.4, -0.2) is 47.0 Å². The molecule has 1 saturated carbocycles. The second-order valence-corrected chi connectivity index (χ2v) is 6.19. The van der Waals surface area contributed by atoms with E-state index in [0.717, 1.165) is 32.4 Å². The minimum atomic E-state index is -0.262. The molecular weight excluding hydrogens is 292 g/mol. The fraction of sp³-hybridized carbons (Fsp3) is 0.714. The maximum Gasteiger partial charge on any atom is 0.153 e. The third-order valence-corrected chi connectivity index (χ3v) is 5.26. The van der Waals surface area contributed by atoms with Crippen LogP contribution in [0.4, 0.5) is 11.6 Å². The molecule has 0 unspecified atom stereocenters. The molecule has 1 saturated heterocycles. The number of rotatable bonds is 3. The summed E-state index contributed by atoms with van der Waals surface area (Å²) in [6, 6.07) is 0. The first-order valence-corrected chi connectivity index (χ1v) is 7.77. The first kappa shape index (κ1) is 14.8. The maximum absolute atomic E-state index is 10.2. The highest BCUT2D eigenvalue weighted by molar-refractivity contribution is 6.35. The molecule has 3 rings (SSSR count). The summed E-state index contributed by atoms with van der Waals surface area (Å²) >= 11 is 6.19. The van der Waals surface area contributed by atoms with Gasteiger partial charge in [0.1, 0.15) is 17.2 Å². The smallest absolute Gasteiger partial charge is 0.153 e. The van der Waals surface area contributed by atoms with Crippen molar-refractivity contribution >= 4 is 23.2 Å². The maximum atomic E-state index is 10.2. The van der Waals surface area contributed by atoms with Gasteiger partial charge in [0.25, 0.3) is 0 Å². The minimum Gasteiger partial charge on any atom is -0.392 e. The highest BCUT2D eigenvalue weighted by atomic mass is 35.5. The van der Waals surface area contributed by atoms with Crippen molar-refractivity contribution in [3.05, 3.63) is 11.3 Å². The average molecular weight is 313 g/mol. The van der Waals surface area contributed by atoms with Crippen LogP contribution in [0.3, 0.4) is 0 Å². The van der Waals surface area contributed by atoms with Crippen molar-refractivity contribution < 1.29 is 9.84 Å². The van der Waals surface area contributed by atoms with Crippen molar-refractivity contribution in [3.8, 4) is 0 Å². The molecule has 3 N–H and O–H groups in total. The van der Waals surface area contributed by atoms with Crippen LogP contribution >= 0.6 is 11.6 Å². The van der Waals surface area contributed by atoms with Gasteiger partial charge < -0.3 is 20.5 Å². The summed E-state index contributed by atoms with van der Waals surface area (Å²) in [5.74, 6) is 0.985. The fourth-order valence-electron chi connectivity index (χ4n) is 3.55. The summed E-state index contributed by atoms with van der Waals surface area (Å²) in [6.45, 7) is 4.27. The van der Waals surface area contributed by atoms with Crippen molar-refractivity contribution in [3.63, 3.8) is 0 Å². The second-order valence-electron chi connectivity index (χ2n) is 5.81. The number of nitrogens with zero attached hydrogens (tertiary/aromatic N) is 3. The van der Waals surface area contributed by atoms with Crippen molar-refractivity contribution in [1.82, 2.24) is 9.97 Å². The fourth-order valence-corrected chi connectivity index (χ4v) is 3.76. The molecule has 0 radical (unpaired) electrons. The van der Waals surface area contributed by atoms with Crippen LogP contribution in [-0.2, 0) is 4.74 Å². The highest BCUT2D eigenvalue weighted by Gasteiger charge is 2.56. The molecule has 21 heavy (non-hydrogen) atoms. The zero-order valence-corrected chi connectivity index (χ0v) is 12.9. The lowest BCUT2D eigenvalue weighted by molar-refractivity contribution is -0.199. The van der Waals surface area contributed by atoms with E-state index in [1.54, 1.807) is 0 Å². The Morgan fingerprint density at radius 3 is 2.81 bits per heavy atom. The number of anilines is 2. The number of aliphatic hydroxyl groups is 1. The van der Waals surface area contributed by atoms with Gasteiger partial charge >= 0.3 is 0 Å². The molecule has 0 amide bonds. The van der Waals surface area contributed by atoms with Gasteiger partial charge in [0.15, 0.2) is 5.82 Å². The van der Waals surface area contributed by atoms with Crippen molar-refractivity contribution in [1.29, 1.82) is 0 Å². The van der Waals surface area contributed by atoms with E-state index in [0.29, 0.717) is 23.3 Å². The van der Waals surface area contributed by atoms with E-state index in [1.165, 1.54) is 6.33 Å². The Kier molecular flexibility index (Phi) is 3.94. The number of ether oxygens (including phenoxy) is 1. The first-order chi connectivity index (χ1) is 10.1. The summed E-state index contributed by atoms with van der Waals surface area (Å²) in [5.41, 5.74) is 5.63. The third-order valence-electron chi connectivity index (χ3n) is 4.90. The van der Waals surface area contributed by atoms with E-state index >= 15 is 0 Å². The van der Waals surface area contributed by atoms with Gasteiger partial charge in [0.2, 0.25) is 0 Å². The van der Waals surface area contributed by atoms with Gasteiger partial charge in [-0.05, 0) is 19.8 Å². The van der Waals surface area contributed by atoms with Gasteiger partial charge in [-0.2, -0.15) is 0 Å². The Morgan fingerprint density at radius 1 is 1.48 bits per heavy atom. The number of nitrogens with two attached hydrogens (primary N) is 1. The van der Waals surface area contributed by atoms with Crippen molar-refractivity contribution in [2.45, 2.75) is 38.4 Å². The Labute approximate surface area is 129 Å². The number of halogens is 1. The van der Waals surface area contributed by atoms with Gasteiger partial charge in [-0.15, -0.1) is 0 Å². The number of aromatic nitrogens is 2. The molecule has 1 aromatic rings. The number of hydrogen-bond acceptors (Lipinski definition) is 6. The number of nitrogen functional groups attached to an aromatic ring is 1. The lowest BCUT2D eigenvalue weighted by atomic mass is 9.58. The van der Waals surface area contributed by atoms with Crippen LogP contribution in [0, 0.1) is 5.41 Å². The van der Waals surface area contributed by atoms with Gasteiger partial charge in [-0.1, -0.05) is 11.6 Å². The first-order valence-electron chi connectivity index (χ1n) is 7.39. The van der Waals surface area contributed by atoms with Gasteiger partial charge in [-0.3, -0.25) is 0 Å². The highest BCUT2D eigenvalue weighted by Crippen LogP contribution is 2.51. The molecule has 7 heteroatoms. The standard InChI is InChI=1S/C14H21ClN4O2/c1-2-21-10-7-9(20)14(10)3-5-19(6-4-14)13-11(15)12(16)17-8-18-13/h8-10,20H,2-7H2,1H3,(H2,16,17,18)/t9-,10-/m1/s1. The van der Waals surface area contributed by atoms with Crippen LogP contribution in [0.5, 0.6) is 0 Å². The van der Waals surface area contributed by atoms with E-state index in [-0.39, 0.29) is 17.6 Å². The molecule has 1 aliphatic carbocycles. The summed E-state index contributed by atoms with van der Waals surface area (Å²) in [7, 11) is 0. The van der Waals surface area contributed by atoms with Gasteiger partial charge in [0.05, 0.1) is 12.2 Å². The number of hydrogen-bond donors (Lipinski definition) is 2. The quantitative estimate of drug-likeness (QED) is 0.879. The molecule has 2 atom stereocenters. The molecule has 116 valence electrons. The molecule has 1 aliphatic heterocycles. The monoisotopic (exact) mass is 312 g/mol. The molecular formula is C14H21ClN4O2. The summed E-state index contributed by atoms with van der Waals surface area (Å²) < 4.78 is 5.78. The number of piperidine rings is 1. The molecule has 2 fully saturated rings.